The maximum absolute atomic E-state index is 2.57. The number of aryl methyl sites for hydroxylation is 2. The Hall–Kier alpha value is 0.380. The van der Waals surface area contributed by atoms with E-state index in [0.717, 1.165) is 17.8 Å². The molecule has 0 aliphatic heterocycles. The second kappa shape index (κ2) is 14.4. The molecular formula is C23H34Cl2SiZr-2. The standard InChI is InChI=1S/C17H25.C6H7.2ClH.H2Si.Zr/c1-12-6-5-9-16(12)15-10-13(2)17(11-15)14-7-3-4-8-14;1-6-4-2-3-5-6;;;;/h10-12,14,16H,3-9H2,1-2H3;2-5H,1H3;2*1H;1H2;/q2*-1;;;;+2/p-2. The molecule has 0 aromatic heterocycles. The molecule has 0 spiro atoms. The average molecular weight is 501 g/mol. The van der Waals surface area contributed by atoms with Gasteiger partial charge >= 0.3 is 30.2 Å². The molecule has 2 aromatic rings. The Bertz CT molecular complexity index is 614. The van der Waals surface area contributed by atoms with E-state index < -0.39 is 0 Å². The molecule has 2 aromatic carbocycles. The summed E-state index contributed by atoms with van der Waals surface area (Å²) in [5.74, 6) is 2.66. The van der Waals surface area contributed by atoms with Crippen LogP contribution in [-0.4, -0.2) is 6.88 Å². The normalized spacial score (nSPS) is 21.2. The molecule has 0 amide bonds. The minimum atomic E-state index is 0. The van der Waals surface area contributed by atoms with Crippen molar-refractivity contribution in [3.63, 3.8) is 0 Å². The van der Waals surface area contributed by atoms with Crippen molar-refractivity contribution in [3.8, 4) is 0 Å². The maximum atomic E-state index is 2.57. The van der Waals surface area contributed by atoms with E-state index >= 15 is 0 Å². The van der Waals surface area contributed by atoms with Crippen molar-refractivity contribution in [2.24, 2.45) is 5.92 Å². The Morgan fingerprint density at radius 1 is 1.00 bits per heavy atom. The van der Waals surface area contributed by atoms with E-state index in [1.807, 2.05) is 19.0 Å². The van der Waals surface area contributed by atoms with Gasteiger partial charge in [-0.05, 0) is 18.3 Å². The van der Waals surface area contributed by atoms with Crippen LogP contribution in [0.1, 0.15) is 86.0 Å². The Kier molecular flexibility index (Phi) is 14.6. The molecule has 4 rings (SSSR count). The summed E-state index contributed by atoms with van der Waals surface area (Å²) >= 11 is 1.58. The van der Waals surface area contributed by atoms with Gasteiger partial charge in [0.2, 0.25) is 0 Å². The first-order valence-corrected chi connectivity index (χ1v) is 15.9. The molecule has 2 aliphatic carbocycles. The van der Waals surface area contributed by atoms with Crippen LogP contribution in [0.4, 0.5) is 0 Å². The molecular weight excluding hydrogens is 466 g/mol. The fraction of sp³-hybridized carbons (Fsp3) is 0.565. The Morgan fingerprint density at radius 2 is 1.67 bits per heavy atom. The van der Waals surface area contributed by atoms with Crippen molar-refractivity contribution in [2.45, 2.75) is 77.6 Å². The first kappa shape index (κ1) is 27.4. The van der Waals surface area contributed by atoms with Crippen LogP contribution < -0.4 is 24.8 Å². The molecule has 2 fully saturated rings. The Labute approximate surface area is 196 Å². The van der Waals surface area contributed by atoms with Crippen molar-refractivity contribution >= 4 is 6.88 Å². The molecule has 0 N–H and O–H groups in total. The van der Waals surface area contributed by atoms with Crippen LogP contribution in [0.5, 0.6) is 0 Å². The summed E-state index contributed by atoms with van der Waals surface area (Å²) in [4.78, 5) is 0. The van der Waals surface area contributed by atoms with Gasteiger partial charge in [0.05, 0.1) is 0 Å². The number of rotatable bonds is 2. The summed E-state index contributed by atoms with van der Waals surface area (Å²) in [6.45, 7) is 8.80. The number of halogens is 2. The number of hydrogen-bond donors (Lipinski definition) is 0. The molecule has 150 valence electrons. The van der Waals surface area contributed by atoms with Crippen LogP contribution in [-0.2, 0) is 23.3 Å². The van der Waals surface area contributed by atoms with Crippen LogP contribution in [0.2, 0.25) is 0 Å². The van der Waals surface area contributed by atoms with Gasteiger partial charge in [-0.3, -0.25) is 0 Å². The summed E-state index contributed by atoms with van der Waals surface area (Å²) in [6, 6.07) is 13.3. The fourth-order valence-electron chi connectivity index (χ4n) is 4.67. The van der Waals surface area contributed by atoms with E-state index in [1.165, 1.54) is 50.5 Å². The van der Waals surface area contributed by atoms with Crippen molar-refractivity contribution in [2.75, 3.05) is 0 Å². The Balaban J connectivity index is 0.000000579. The van der Waals surface area contributed by atoms with Gasteiger partial charge in [-0.1, -0.05) is 65.2 Å². The summed E-state index contributed by atoms with van der Waals surface area (Å²) < 4.78 is 0. The number of hydrogen-bond acceptors (Lipinski definition) is 0. The van der Waals surface area contributed by atoms with Gasteiger partial charge in [-0.25, -0.2) is 17.7 Å². The topological polar surface area (TPSA) is 0 Å². The van der Waals surface area contributed by atoms with E-state index in [4.69, 9.17) is 0 Å². The second-order valence-electron chi connectivity index (χ2n) is 7.89. The molecule has 0 radical (unpaired) electrons. The first-order chi connectivity index (χ1) is 12.1. The van der Waals surface area contributed by atoms with E-state index in [0.29, 0.717) is 0 Å². The van der Waals surface area contributed by atoms with Crippen LogP contribution >= 0.6 is 0 Å². The molecule has 4 heteroatoms. The molecule has 0 heterocycles. The van der Waals surface area contributed by atoms with Crippen LogP contribution in [0, 0.1) is 19.8 Å². The Morgan fingerprint density at radius 3 is 2.11 bits per heavy atom. The molecule has 0 bridgehead atoms. The van der Waals surface area contributed by atoms with Gasteiger partial charge in [0.25, 0.3) is 0 Å². The van der Waals surface area contributed by atoms with Crippen LogP contribution in [0.25, 0.3) is 0 Å². The quantitative estimate of drug-likeness (QED) is 0.405. The average Bonchev–Trinajstić information content (AvgIpc) is 3.38. The van der Waals surface area contributed by atoms with Crippen molar-refractivity contribution < 1.29 is 48.1 Å². The van der Waals surface area contributed by atoms with E-state index in [-0.39, 0.29) is 24.8 Å². The zero-order chi connectivity index (χ0) is 18.2. The van der Waals surface area contributed by atoms with Gasteiger partial charge in [0.15, 0.2) is 0 Å². The second-order valence-corrected chi connectivity index (χ2v) is 7.89. The molecule has 2 unspecified atom stereocenters. The van der Waals surface area contributed by atoms with E-state index in [9.17, 15) is 0 Å². The third-order valence-electron chi connectivity index (χ3n) is 6.07. The van der Waals surface area contributed by atoms with Gasteiger partial charge < -0.3 is 24.8 Å². The monoisotopic (exact) mass is 498 g/mol. The SMILES string of the molecule is Cc1[cH-]c(C2CCCC2C)cc1C1CCCC1.Cc1cc[cH-]c1.[Cl-].[Cl-].[SiH2]=[Zr+2]. The summed E-state index contributed by atoms with van der Waals surface area (Å²) in [7, 11) is 0. The van der Waals surface area contributed by atoms with E-state index in [1.54, 1.807) is 40.0 Å². The molecule has 2 aliphatic rings. The van der Waals surface area contributed by atoms with Gasteiger partial charge in [-0.15, -0.1) is 0 Å². The molecule has 2 saturated carbocycles. The fourth-order valence-corrected chi connectivity index (χ4v) is 4.67. The summed E-state index contributed by atoms with van der Waals surface area (Å²) in [6.07, 6.45) is 10.1. The molecule has 27 heavy (non-hydrogen) atoms. The van der Waals surface area contributed by atoms with Crippen molar-refractivity contribution in [1.82, 2.24) is 0 Å². The molecule has 0 nitrogen and oxygen atoms in total. The third kappa shape index (κ3) is 7.96. The predicted octanol–water partition coefficient (Wildman–Crippen LogP) is 0.0783. The summed E-state index contributed by atoms with van der Waals surface area (Å²) in [5, 5.41) is 0. The predicted molar refractivity (Wildman–Crippen MR) is 109 cm³/mol. The molecule has 2 atom stereocenters. The van der Waals surface area contributed by atoms with Crippen molar-refractivity contribution in [1.29, 1.82) is 0 Å². The zero-order valence-electron chi connectivity index (χ0n) is 17.1. The van der Waals surface area contributed by atoms with Gasteiger partial charge in [0, 0.05) is 0 Å². The first-order valence-electron chi connectivity index (χ1n) is 9.96. The van der Waals surface area contributed by atoms with E-state index in [2.05, 4.69) is 45.0 Å². The molecule has 0 saturated heterocycles. The third-order valence-corrected chi connectivity index (χ3v) is 6.07. The van der Waals surface area contributed by atoms with Gasteiger partial charge in [-0.2, -0.15) is 41.0 Å². The zero-order valence-corrected chi connectivity index (χ0v) is 22.5. The van der Waals surface area contributed by atoms with Crippen LogP contribution in [0.15, 0.2) is 36.4 Å². The van der Waals surface area contributed by atoms with Crippen molar-refractivity contribution in [3.05, 3.63) is 58.7 Å². The minimum absolute atomic E-state index is 0. The van der Waals surface area contributed by atoms with Crippen LogP contribution in [0.3, 0.4) is 0 Å². The summed E-state index contributed by atoms with van der Waals surface area (Å²) in [5.41, 5.74) is 6.27. The van der Waals surface area contributed by atoms with Gasteiger partial charge in [0.1, 0.15) is 0 Å².